The molecule has 0 aromatic heterocycles. The van der Waals surface area contributed by atoms with Crippen LogP contribution in [-0.4, -0.2) is 23.5 Å². The Bertz CT molecular complexity index is 391. The van der Waals surface area contributed by atoms with Gasteiger partial charge in [-0.25, -0.2) is 20.4 Å². The van der Waals surface area contributed by atoms with E-state index in [4.69, 9.17) is 11.5 Å². The Morgan fingerprint density at radius 3 is 1.39 bits per heavy atom. The van der Waals surface area contributed by atoms with Gasteiger partial charge in [-0.15, -0.1) is 0 Å². The van der Waals surface area contributed by atoms with E-state index in [0.717, 1.165) is 11.4 Å². The van der Waals surface area contributed by atoms with E-state index in [1.165, 1.54) is 0 Å². The fraction of sp³-hybridized carbons (Fsp3) is 0.600. The highest BCUT2D eigenvalue weighted by Crippen LogP contribution is 2.47. The molecule has 1 rings (SSSR count). The number of amides is 4. The summed E-state index contributed by atoms with van der Waals surface area (Å²) in [5.41, 5.74) is 14.8. The number of hydrazone groups is 2. The van der Waals surface area contributed by atoms with Gasteiger partial charge in [0.1, 0.15) is 0 Å². The summed E-state index contributed by atoms with van der Waals surface area (Å²) in [6, 6.07) is -1.45. The largest absolute Gasteiger partial charge is 0.350 e. The van der Waals surface area contributed by atoms with Crippen LogP contribution >= 0.6 is 0 Å². The van der Waals surface area contributed by atoms with Crippen LogP contribution in [0.5, 0.6) is 0 Å². The molecule has 0 spiro atoms. The van der Waals surface area contributed by atoms with Crippen molar-refractivity contribution in [1.82, 2.24) is 10.9 Å². The summed E-state index contributed by atoms with van der Waals surface area (Å²) in [4.78, 5) is 21.3. The molecule has 0 unspecified atom stereocenters. The third-order valence-corrected chi connectivity index (χ3v) is 2.92. The number of nitrogens with zero attached hydrogens (tertiary/aromatic N) is 2. The molecule has 100 valence electrons. The Labute approximate surface area is 105 Å². The smallest absolute Gasteiger partial charge is 0.332 e. The third kappa shape index (κ3) is 2.27. The van der Waals surface area contributed by atoms with Gasteiger partial charge in [-0.05, 0) is 27.7 Å². The number of nitrogens with two attached hydrogens (primary N) is 2. The molecule has 0 aliphatic heterocycles. The van der Waals surface area contributed by atoms with Crippen molar-refractivity contribution in [2.75, 3.05) is 0 Å². The minimum Gasteiger partial charge on any atom is -0.350 e. The SMILES string of the molecule is CC1(C)C(=NNC(N)=O)C(C)(C)C1=NNC(N)=O. The van der Waals surface area contributed by atoms with Gasteiger partial charge in [0.25, 0.3) is 0 Å². The zero-order chi connectivity index (χ0) is 14.1. The number of hydrogen-bond acceptors (Lipinski definition) is 4. The molecule has 18 heavy (non-hydrogen) atoms. The van der Waals surface area contributed by atoms with E-state index in [2.05, 4.69) is 21.1 Å². The summed E-state index contributed by atoms with van der Waals surface area (Å²) in [6.45, 7) is 7.51. The first-order valence-electron chi connectivity index (χ1n) is 5.38. The number of urea groups is 2. The summed E-state index contributed by atoms with van der Waals surface area (Å²) in [5, 5.41) is 7.96. The van der Waals surface area contributed by atoms with Gasteiger partial charge in [0.15, 0.2) is 0 Å². The molecule has 0 bridgehead atoms. The van der Waals surface area contributed by atoms with Crippen molar-refractivity contribution in [3.8, 4) is 0 Å². The van der Waals surface area contributed by atoms with Gasteiger partial charge in [0.2, 0.25) is 0 Å². The summed E-state index contributed by atoms with van der Waals surface area (Å²) in [7, 11) is 0. The standard InChI is InChI=1S/C10H18N6O2/c1-9(2)5(13-15-7(11)17)10(3,4)6(9)14-16-8(12)18/h1-4H3,(H3,11,15,17)(H3,12,16,18). The van der Waals surface area contributed by atoms with Crippen molar-refractivity contribution < 1.29 is 9.59 Å². The maximum Gasteiger partial charge on any atom is 0.332 e. The summed E-state index contributed by atoms with van der Waals surface area (Å²) < 4.78 is 0. The molecule has 0 atom stereocenters. The van der Waals surface area contributed by atoms with E-state index >= 15 is 0 Å². The van der Waals surface area contributed by atoms with E-state index < -0.39 is 22.9 Å². The van der Waals surface area contributed by atoms with Crippen molar-refractivity contribution in [3.05, 3.63) is 0 Å². The predicted molar refractivity (Wildman–Crippen MR) is 67.9 cm³/mol. The fourth-order valence-corrected chi connectivity index (χ4v) is 2.51. The summed E-state index contributed by atoms with van der Waals surface area (Å²) in [5.74, 6) is 0. The normalized spacial score (nSPS) is 19.6. The van der Waals surface area contributed by atoms with Gasteiger partial charge in [0, 0.05) is 10.8 Å². The van der Waals surface area contributed by atoms with Crippen molar-refractivity contribution in [2.24, 2.45) is 32.5 Å². The second-order valence-electron chi connectivity index (χ2n) is 5.12. The number of hydrogen-bond donors (Lipinski definition) is 4. The molecule has 0 aromatic carbocycles. The zero-order valence-corrected chi connectivity index (χ0v) is 10.9. The Kier molecular flexibility index (Phi) is 3.32. The van der Waals surface area contributed by atoms with E-state index in [-0.39, 0.29) is 0 Å². The second kappa shape index (κ2) is 4.28. The van der Waals surface area contributed by atoms with Crippen LogP contribution in [0.15, 0.2) is 10.2 Å². The molecule has 0 aromatic rings. The van der Waals surface area contributed by atoms with Crippen molar-refractivity contribution in [2.45, 2.75) is 27.7 Å². The van der Waals surface area contributed by atoms with Crippen LogP contribution in [0.25, 0.3) is 0 Å². The number of carbonyl (C=O) groups excluding carboxylic acids is 2. The molecule has 8 heteroatoms. The molecule has 1 aliphatic rings. The fourth-order valence-electron chi connectivity index (χ4n) is 2.51. The van der Waals surface area contributed by atoms with Crippen molar-refractivity contribution in [1.29, 1.82) is 0 Å². The first-order valence-corrected chi connectivity index (χ1v) is 5.38. The van der Waals surface area contributed by atoms with Gasteiger partial charge in [-0.3, -0.25) is 0 Å². The highest BCUT2D eigenvalue weighted by atomic mass is 16.2. The Morgan fingerprint density at radius 2 is 1.17 bits per heavy atom. The molecule has 4 amide bonds. The minimum absolute atomic E-state index is 0.478. The molecular weight excluding hydrogens is 236 g/mol. The van der Waals surface area contributed by atoms with E-state index in [1.54, 1.807) is 0 Å². The highest BCUT2D eigenvalue weighted by molar-refractivity contribution is 6.34. The lowest BCUT2D eigenvalue weighted by molar-refractivity contribution is 0.248. The molecule has 1 fully saturated rings. The first-order chi connectivity index (χ1) is 8.10. The third-order valence-electron chi connectivity index (χ3n) is 2.92. The second-order valence-corrected chi connectivity index (χ2v) is 5.12. The van der Waals surface area contributed by atoms with Crippen LogP contribution < -0.4 is 22.3 Å². The Balaban J connectivity index is 3.01. The molecule has 1 saturated carbocycles. The van der Waals surface area contributed by atoms with Crippen LogP contribution in [0, 0.1) is 10.8 Å². The topological polar surface area (TPSA) is 135 Å². The highest BCUT2D eigenvalue weighted by Gasteiger charge is 2.57. The van der Waals surface area contributed by atoms with Crippen LogP contribution in [0.3, 0.4) is 0 Å². The average molecular weight is 254 g/mol. The Morgan fingerprint density at radius 1 is 0.889 bits per heavy atom. The summed E-state index contributed by atoms with van der Waals surface area (Å²) in [6.07, 6.45) is 0. The van der Waals surface area contributed by atoms with Gasteiger partial charge in [0.05, 0.1) is 11.4 Å². The lowest BCUT2D eigenvalue weighted by Gasteiger charge is -2.51. The predicted octanol–water partition coefficient (Wildman–Crippen LogP) is 0.101. The maximum absolute atomic E-state index is 10.7. The van der Waals surface area contributed by atoms with Crippen molar-refractivity contribution >= 4 is 23.5 Å². The molecule has 0 heterocycles. The molecule has 0 saturated heterocycles. The van der Waals surface area contributed by atoms with Gasteiger partial charge >= 0.3 is 12.1 Å². The van der Waals surface area contributed by atoms with E-state index in [0.29, 0.717) is 0 Å². The van der Waals surface area contributed by atoms with Crippen LogP contribution in [0.4, 0.5) is 9.59 Å². The van der Waals surface area contributed by atoms with Crippen LogP contribution in [0.2, 0.25) is 0 Å². The molecular formula is C10H18N6O2. The van der Waals surface area contributed by atoms with Gasteiger partial charge in [-0.1, -0.05) is 0 Å². The average Bonchev–Trinajstić information content (AvgIpc) is 2.14. The Hall–Kier alpha value is -2.12. The number of primary amides is 2. The van der Waals surface area contributed by atoms with E-state index in [1.807, 2.05) is 27.7 Å². The number of carbonyl (C=O) groups is 2. The zero-order valence-electron chi connectivity index (χ0n) is 10.9. The molecule has 1 aliphatic carbocycles. The van der Waals surface area contributed by atoms with Crippen LogP contribution in [0.1, 0.15) is 27.7 Å². The minimum atomic E-state index is -0.727. The maximum atomic E-state index is 10.7. The number of rotatable bonds is 2. The molecule has 8 nitrogen and oxygen atoms in total. The molecule has 0 radical (unpaired) electrons. The van der Waals surface area contributed by atoms with Gasteiger partial charge < -0.3 is 11.5 Å². The van der Waals surface area contributed by atoms with Gasteiger partial charge in [-0.2, -0.15) is 10.2 Å². The van der Waals surface area contributed by atoms with Crippen molar-refractivity contribution in [3.63, 3.8) is 0 Å². The van der Waals surface area contributed by atoms with E-state index in [9.17, 15) is 9.59 Å². The monoisotopic (exact) mass is 254 g/mol. The lowest BCUT2D eigenvalue weighted by Crippen LogP contribution is -2.62. The lowest BCUT2D eigenvalue weighted by atomic mass is 9.52. The first kappa shape index (κ1) is 13.9. The number of nitrogens with one attached hydrogen (secondary N) is 2. The molecule has 6 N–H and O–H groups in total. The summed E-state index contributed by atoms with van der Waals surface area (Å²) >= 11 is 0. The van der Waals surface area contributed by atoms with Crippen LogP contribution in [-0.2, 0) is 0 Å². The quantitative estimate of drug-likeness (QED) is 0.520.